The van der Waals surface area contributed by atoms with E-state index in [0.29, 0.717) is 4.60 Å². The maximum Gasteiger partial charge on any atom is 0.260 e. The minimum Gasteiger partial charge on any atom is -0.305 e. The summed E-state index contributed by atoms with van der Waals surface area (Å²) in [4.78, 5) is 23.1. The van der Waals surface area contributed by atoms with E-state index in [1.54, 1.807) is 0 Å². The standard InChI is InChI=1S/C10H5BrClFN4O/c11-7-3-15-8(4-14-7)17-10(18)6-1-5(13)2-16-9(6)12/h1-4H,(H,15,17,18). The molecule has 2 aromatic heterocycles. The number of nitrogens with one attached hydrogen (secondary N) is 1. The highest BCUT2D eigenvalue weighted by molar-refractivity contribution is 9.10. The van der Waals surface area contributed by atoms with E-state index >= 15 is 0 Å². The number of aromatic nitrogens is 3. The molecule has 18 heavy (non-hydrogen) atoms. The number of carbonyl (C=O) groups is 1. The predicted octanol–water partition coefficient (Wildman–Crippen LogP) is 2.68. The SMILES string of the molecule is O=C(Nc1cnc(Br)cn1)c1cc(F)cnc1Cl. The fraction of sp³-hybridized carbons (Fsp3) is 0. The summed E-state index contributed by atoms with van der Waals surface area (Å²) in [6, 6.07) is 0.997. The van der Waals surface area contributed by atoms with Gasteiger partial charge in [-0.3, -0.25) is 4.79 Å². The van der Waals surface area contributed by atoms with Crippen molar-refractivity contribution in [2.24, 2.45) is 0 Å². The van der Waals surface area contributed by atoms with E-state index in [0.717, 1.165) is 12.3 Å². The van der Waals surface area contributed by atoms with Gasteiger partial charge in [0, 0.05) is 0 Å². The van der Waals surface area contributed by atoms with Crippen molar-refractivity contribution in [3.8, 4) is 0 Å². The highest BCUT2D eigenvalue weighted by Crippen LogP contribution is 2.15. The lowest BCUT2D eigenvalue weighted by atomic mass is 10.2. The number of hydrogen-bond donors (Lipinski definition) is 1. The van der Waals surface area contributed by atoms with Crippen LogP contribution in [0.2, 0.25) is 5.15 Å². The molecular weight excluding hydrogens is 326 g/mol. The Labute approximate surface area is 115 Å². The third-order valence-corrected chi connectivity index (χ3v) is 2.62. The van der Waals surface area contributed by atoms with Crippen LogP contribution in [0.15, 0.2) is 29.3 Å². The van der Waals surface area contributed by atoms with Crippen LogP contribution in [-0.2, 0) is 0 Å². The summed E-state index contributed by atoms with van der Waals surface area (Å²) in [6.07, 6.45) is 3.70. The van der Waals surface area contributed by atoms with E-state index in [9.17, 15) is 9.18 Å². The second-order valence-electron chi connectivity index (χ2n) is 3.17. The Morgan fingerprint density at radius 3 is 2.72 bits per heavy atom. The molecule has 0 aliphatic heterocycles. The van der Waals surface area contributed by atoms with Crippen molar-refractivity contribution in [2.45, 2.75) is 0 Å². The zero-order chi connectivity index (χ0) is 13.1. The largest absolute Gasteiger partial charge is 0.305 e. The zero-order valence-electron chi connectivity index (χ0n) is 8.69. The van der Waals surface area contributed by atoms with Crippen LogP contribution in [0.5, 0.6) is 0 Å². The number of nitrogens with zero attached hydrogens (tertiary/aromatic N) is 3. The summed E-state index contributed by atoms with van der Waals surface area (Å²) in [5, 5.41) is 2.34. The molecule has 0 unspecified atom stereocenters. The fourth-order valence-corrected chi connectivity index (χ4v) is 1.54. The van der Waals surface area contributed by atoms with E-state index in [2.05, 4.69) is 36.2 Å². The van der Waals surface area contributed by atoms with Crippen LogP contribution in [-0.4, -0.2) is 20.9 Å². The summed E-state index contributed by atoms with van der Waals surface area (Å²) in [5.41, 5.74) is -0.0682. The van der Waals surface area contributed by atoms with Gasteiger partial charge in [-0.15, -0.1) is 0 Å². The van der Waals surface area contributed by atoms with E-state index < -0.39 is 11.7 Å². The quantitative estimate of drug-likeness (QED) is 0.859. The van der Waals surface area contributed by atoms with E-state index in [-0.39, 0.29) is 16.5 Å². The Bertz CT molecular complexity index is 593. The van der Waals surface area contributed by atoms with Gasteiger partial charge in [0.15, 0.2) is 5.82 Å². The molecule has 0 saturated heterocycles. The lowest BCUT2D eigenvalue weighted by Gasteiger charge is -2.05. The van der Waals surface area contributed by atoms with Gasteiger partial charge in [0.25, 0.3) is 5.91 Å². The first-order chi connectivity index (χ1) is 8.56. The van der Waals surface area contributed by atoms with Crippen LogP contribution in [0, 0.1) is 5.82 Å². The van der Waals surface area contributed by atoms with E-state index in [4.69, 9.17) is 11.6 Å². The third kappa shape index (κ3) is 2.99. The second kappa shape index (κ2) is 5.36. The van der Waals surface area contributed by atoms with Gasteiger partial charge in [0.1, 0.15) is 15.6 Å². The van der Waals surface area contributed by atoms with Crippen molar-refractivity contribution in [1.82, 2.24) is 15.0 Å². The molecule has 1 N–H and O–H groups in total. The number of halogens is 3. The molecule has 0 aliphatic rings. The maximum atomic E-state index is 13.0. The Hall–Kier alpha value is -1.60. The minimum atomic E-state index is -0.647. The van der Waals surface area contributed by atoms with Gasteiger partial charge in [0.05, 0.1) is 24.2 Å². The van der Waals surface area contributed by atoms with Crippen molar-refractivity contribution in [3.05, 3.63) is 45.8 Å². The number of pyridine rings is 1. The Morgan fingerprint density at radius 2 is 2.06 bits per heavy atom. The first-order valence-electron chi connectivity index (χ1n) is 4.66. The van der Waals surface area contributed by atoms with Gasteiger partial charge in [0.2, 0.25) is 0 Å². The summed E-state index contributed by atoms with van der Waals surface area (Å²) >= 11 is 8.81. The maximum absolute atomic E-state index is 13.0. The summed E-state index contributed by atoms with van der Waals surface area (Å²) in [7, 11) is 0. The molecule has 0 aliphatic carbocycles. The molecule has 1 amide bonds. The van der Waals surface area contributed by atoms with Crippen molar-refractivity contribution in [2.75, 3.05) is 5.32 Å². The topological polar surface area (TPSA) is 67.8 Å². The van der Waals surface area contributed by atoms with Gasteiger partial charge in [-0.1, -0.05) is 11.6 Å². The molecule has 0 aromatic carbocycles. The number of rotatable bonds is 2. The molecular formula is C10H5BrClFN4O. The number of carbonyl (C=O) groups excluding carboxylic acids is 1. The molecule has 0 atom stereocenters. The van der Waals surface area contributed by atoms with Crippen molar-refractivity contribution >= 4 is 39.3 Å². The number of anilines is 1. The Balaban J connectivity index is 2.21. The van der Waals surface area contributed by atoms with E-state index in [1.165, 1.54) is 12.4 Å². The van der Waals surface area contributed by atoms with Gasteiger partial charge in [-0.05, 0) is 22.0 Å². The molecule has 0 fully saturated rings. The molecule has 0 saturated carbocycles. The van der Waals surface area contributed by atoms with Crippen molar-refractivity contribution in [3.63, 3.8) is 0 Å². The molecule has 8 heteroatoms. The van der Waals surface area contributed by atoms with Crippen LogP contribution in [0.4, 0.5) is 10.2 Å². The average Bonchev–Trinajstić information content (AvgIpc) is 2.35. The number of amides is 1. The normalized spacial score (nSPS) is 10.2. The monoisotopic (exact) mass is 330 g/mol. The Kier molecular flexibility index (Phi) is 3.83. The summed E-state index contributed by atoms with van der Waals surface area (Å²) in [5.74, 6) is -1.03. The second-order valence-corrected chi connectivity index (χ2v) is 4.34. The minimum absolute atomic E-state index is 0.0682. The van der Waals surface area contributed by atoms with Crippen molar-refractivity contribution in [1.29, 1.82) is 0 Å². The molecule has 2 aromatic rings. The van der Waals surface area contributed by atoms with Crippen LogP contribution >= 0.6 is 27.5 Å². The lowest BCUT2D eigenvalue weighted by molar-refractivity contribution is 0.102. The molecule has 2 rings (SSSR count). The molecule has 2 heterocycles. The van der Waals surface area contributed by atoms with Gasteiger partial charge in [-0.25, -0.2) is 19.3 Å². The smallest absolute Gasteiger partial charge is 0.260 e. The highest BCUT2D eigenvalue weighted by Gasteiger charge is 2.13. The molecule has 5 nitrogen and oxygen atoms in total. The molecule has 0 radical (unpaired) electrons. The molecule has 0 spiro atoms. The van der Waals surface area contributed by atoms with Crippen molar-refractivity contribution < 1.29 is 9.18 Å². The zero-order valence-corrected chi connectivity index (χ0v) is 11.0. The van der Waals surface area contributed by atoms with Gasteiger partial charge >= 0.3 is 0 Å². The lowest BCUT2D eigenvalue weighted by Crippen LogP contribution is -2.14. The Morgan fingerprint density at radius 1 is 1.28 bits per heavy atom. The number of hydrogen-bond acceptors (Lipinski definition) is 4. The fourth-order valence-electron chi connectivity index (χ4n) is 1.14. The van der Waals surface area contributed by atoms with Gasteiger partial charge < -0.3 is 5.32 Å². The first kappa shape index (κ1) is 12.8. The van der Waals surface area contributed by atoms with Crippen LogP contribution in [0.3, 0.4) is 0 Å². The van der Waals surface area contributed by atoms with Gasteiger partial charge in [-0.2, -0.15) is 0 Å². The summed E-state index contributed by atoms with van der Waals surface area (Å²) < 4.78 is 13.5. The first-order valence-corrected chi connectivity index (χ1v) is 5.83. The molecule has 92 valence electrons. The molecule has 0 bridgehead atoms. The van der Waals surface area contributed by atoms with Crippen LogP contribution in [0.1, 0.15) is 10.4 Å². The third-order valence-electron chi connectivity index (χ3n) is 1.91. The van der Waals surface area contributed by atoms with Crippen LogP contribution < -0.4 is 5.32 Å². The predicted molar refractivity (Wildman–Crippen MR) is 66.9 cm³/mol. The highest BCUT2D eigenvalue weighted by atomic mass is 79.9. The summed E-state index contributed by atoms with van der Waals surface area (Å²) in [6.45, 7) is 0. The average molecular weight is 332 g/mol. The van der Waals surface area contributed by atoms with Crippen LogP contribution in [0.25, 0.3) is 0 Å². The van der Waals surface area contributed by atoms with E-state index in [1.807, 2.05) is 0 Å².